The van der Waals surface area contributed by atoms with Gasteiger partial charge in [-0.1, -0.05) is 208 Å². The predicted molar refractivity (Wildman–Crippen MR) is 239 cm³/mol. The zero-order chi connectivity index (χ0) is 38.8. The minimum Gasteiger partial charge on any atom is -0.228 e. The van der Waals surface area contributed by atoms with E-state index in [1.165, 1.54) is 61.2 Å². The van der Waals surface area contributed by atoms with Crippen LogP contribution >= 0.6 is 0 Å². The standard InChI is InChI=1S/C56H40N2/c1-55(2)46-26-11-13-28-48(46)56(49-29-14-12-27-47(49)55)45-25-10-9-23-44(45)53-43(24-16-30-50(53)56)38-31-33-40(34-32-38)52-36-51(39-19-7-4-8-20-39)57-54(58-52)42-22-15-21-41(35-42)37-17-5-3-6-18-37/h3-36H,1-2H3. The number of hydrogen-bond donors (Lipinski definition) is 0. The molecular weight excluding hydrogens is 701 g/mol. The van der Waals surface area contributed by atoms with Gasteiger partial charge in [-0.2, -0.15) is 0 Å². The molecule has 1 heterocycles. The highest BCUT2D eigenvalue weighted by Gasteiger charge is 2.53. The van der Waals surface area contributed by atoms with Gasteiger partial charge < -0.3 is 0 Å². The van der Waals surface area contributed by atoms with Crippen LogP contribution in [0.4, 0.5) is 0 Å². The van der Waals surface area contributed by atoms with Gasteiger partial charge in [0.1, 0.15) is 0 Å². The summed E-state index contributed by atoms with van der Waals surface area (Å²) in [5.74, 6) is 0.706. The molecule has 0 fully saturated rings. The minimum atomic E-state index is -0.423. The molecule has 0 saturated heterocycles. The molecule has 2 aliphatic carbocycles. The van der Waals surface area contributed by atoms with Crippen molar-refractivity contribution in [2.75, 3.05) is 0 Å². The van der Waals surface area contributed by atoms with Crippen LogP contribution in [0.25, 0.3) is 67.3 Å². The highest BCUT2D eigenvalue weighted by atomic mass is 14.9. The average Bonchev–Trinajstić information content (AvgIpc) is 3.60. The maximum Gasteiger partial charge on any atom is 0.160 e. The van der Waals surface area contributed by atoms with Crippen LogP contribution in [0.2, 0.25) is 0 Å². The fraction of sp³-hybridized carbons (Fsp3) is 0.0714. The van der Waals surface area contributed by atoms with Crippen LogP contribution in [0.15, 0.2) is 206 Å². The molecule has 2 nitrogen and oxygen atoms in total. The third-order valence-corrected chi connectivity index (χ3v) is 12.6. The Morgan fingerprint density at radius 3 is 1.41 bits per heavy atom. The number of hydrogen-bond acceptors (Lipinski definition) is 2. The largest absolute Gasteiger partial charge is 0.228 e. The lowest BCUT2D eigenvalue weighted by molar-refractivity contribution is 0.563. The van der Waals surface area contributed by atoms with Crippen molar-refractivity contribution >= 4 is 0 Å². The van der Waals surface area contributed by atoms with Gasteiger partial charge in [0, 0.05) is 22.1 Å². The van der Waals surface area contributed by atoms with Crippen LogP contribution in [0.3, 0.4) is 0 Å². The van der Waals surface area contributed by atoms with E-state index in [9.17, 15) is 0 Å². The second kappa shape index (κ2) is 13.2. The topological polar surface area (TPSA) is 25.8 Å². The van der Waals surface area contributed by atoms with E-state index in [0.717, 1.165) is 33.6 Å². The van der Waals surface area contributed by atoms with E-state index >= 15 is 0 Å². The first-order valence-electron chi connectivity index (χ1n) is 20.2. The molecular formula is C56H40N2. The fourth-order valence-electron chi connectivity index (χ4n) is 9.92. The highest BCUT2D eigenvalue weighted by molar-refractivity contribution is 5.96. The van der Waals surface area contributed by atoms with Crippen LogP contribution in [0.1, 0.15) is 47.2 Å². The van der Waals surface area contributed by atoms with E-state index in [4.69, 9.17) is 9.97 Å². The lowest BCUT2D eigenvalue weighted by Crippen LogP contribution is -2.40. The van der Waals surface area contributed by atoms with Crippen molar-refractivity contribution in [1.29, 1.82) is 0 Å². The Balaban J connectivity index is 1.06. The van der Waals surface area contributed by atoms with Gasteiger partial charge in [0.05, 0.1) is 16.8 Å². The summed E-state index contributed by atoms with van der Waals surface area (Å²) in [6.07, 6.45) is 0. The Labute approximate surface area is 340 Å². The van der Waals surface area contributed by atoms with Crippen LogP contribution in [-0.2, 0) is 10.8 Å². The van der Waals surface area contributed by atoms with Crippen molar-refractivity contribution < 1.29 is 0 Å². The van der Waals surface area contributed by atoms with Crippen molar-refractivity contribution in [3.63, 3.8) is 0 Å². The summed E-state index contributed by atoms with van der Waals surface area (Å²) < 4.78 is 0. The van der Waals surface area contributed by atoms with Crippen molar-refractivity contribution in [3.8, 4) is 67.3 Å². The first-order valence-corrected chi connectivity index (χ1v) is 20.2. The number of nitrogens with zero attached hydrogens (tertiary/aromatic N) is 2. The zero-order valence-electron chi connectivity index (χ0n) is 32.5. The summed E-state index contributed by atoms with van der Waals surface area (Å²) >= 11 is 0. The summed E-state index contributed by atoms with van der Waals surface area (Å²) in [4.78, 5) is 10.4. The molecule has 0 saturated carbocycles. The third-order valence-electron chi connectivity index (χ3n) is 12.6. The molecule has 0 N–H and O–H groups in total. The van der Waals surface area contributed by atoms with Gasteiger partial charge in [-0.25, -0.2) is 9.97 Å². The molecule has 58 heavy (non-hydrogen) atoms. The van der Waals surface area contributed by atoms with Gasteiger partial charge in [-0.3, -0.25) is 0 Å². The molecule has 0 radical (unpaired) electrons. The number of aromatic nitrogens is 2. The average molecular weight is 741 g/mol. The molecule has 1 aromatic heterocycles. The lowest BCUT2D eigenvalue weighted by atomic mass is 9.55. The molecule has 0 bridgehead atoms. The SMILES string of the molecule is CC1(C)c2ccccc2C2(c3ccccc3-c3c(-c4ccc(-c5cc(-c6ccccc6)nc(-c6cccc(-c7ccccc7)c6)n5)cc4)cccc32)c2ccccc21. The monoisotopic (exact) mass is 740 g/mol. The highest BCUT2D eigenvalue weighted by Crippen LogP contribution is 2.63. The molecule has 274 valence electrons. The Bertz CT molecular complexity index is 2970. The Hall–Kier alpha value is -7.16. The Morgan fingerprint density at radius 2 is 0.759 bits per heavy atom. The third kappa shape index (κ3) is 5.11. The van der Waals surface area contributed by atoms with Crippen LogP contribution in [0.5, 0.6) is 0 Å². The first kappa shape index (κ1) is 34.1. The van der Waals surface area contributed by atoms with E-state index in [0.29, 0.717) is 5.82 Å². The first-order chi connectivity index (χ1) is 28.5. The summed E-state index contributed by atoms with van der Waals surface area (Å²) in [7, 11) is 0. The number of benzene rings is 8. The van der Waals surface area contributed by atoms with Gasteiger partial charge in [0.2, 0.25) is 0 Å². The van der Waals surface area contributed by atoms with Gasteiger partial charge in [-0.05, 0) is 78.9 Å². The summed E-state index contributed by atoms with van der Waals surface area (Å²) in [6, 6.07) is 74.8. The fourth-order valence-corrected chi connectivity index (χ4v) is 9.92. The Kier molecular flexibility index (Phi) is 7.78. The van der Waals surface area contributed by atoms with Gasteiger partial charge >= 0.3 is 0 Å². The molecule has 11 rings (SSSR count). The van der Waals surface area contributed by atoms with Gasteiger partial charge in [-0.15, -0.1) is 0 Å². The maximum absolute atomic E-state index is 5.22. The second-order valence-corrected chi connectivity index (χ2v) is 16.1. The summed E-state index contributed by atoms with van der Waals surface area (Å²) in [5.41, 5.74) is 19.9. The van der Waals surface area contributed by atoms with Crippen LogP contribution in [0, 0.1) is 0 Å². The molecule has 8 aromatic carbocycles. The predicted octanol–water partition coefficient (Wildman–Crippen LogP) is 13.8. The van der Waals surface area contributed by atoms with E-state index in [1.807, 2.05) is 12.1 Å². The van der Waals surface area contributed by atoms with Crippen molar-refractivity contribution in [1.82, 2.24) is 9.97 Å². The van der Waals surface area contributed by atoms with Crippen molar-refractivity contribution in [3.05, 3.63) is 240 Å². The van der Waals surface area contributed by atoms with E-state index in [2.05, 4.69) is 208 Å². The summed E-state index contributed by atoms with van der Waals surface area (Å²) in [6.45, 7) is 4.75. The van der Waals surface area contributed by atoms with E-state index in [-0.39, 0.29) is 5.41 Å². The molecule has 2 aliphatic rings. The second-order valence-electron chi connectivity index (χ2n) is 16.1. The van der Waals surface area contributed by atoms with Crippen LogP contribution < -0.4 is 0 Å². The van der Waals surface area contributed by atoms with E-state index < -0.39 is 5.41 Å². The van der Waals surface area contributed by atoms with E-state index in [1.54, 1.807) is 0 Å². The lowest BCUT2D eigenvalue weighted by Gasteiger charge is -2.46. The molecule has 0 amide bonds. The smallest absolute Gasteiger partial charge is 0.160 e. The Morgan fingerprint density at radius 1 is 0.310 bits per heavy atom. The van der Waals surface area contributed by atoms with Gasteiger partial charge in [0.15, 0.2) is 5.82 Å². The number of fused-ring (bicyclic) bond motifs is 9. The normalized spacial score (nSPS) is 14.0. The minimum absolute atomic E-state index is 0.129. The summed E-state index contributed by atoms with van der Waals surface area (Å²) in [5, 5.41) is 0. The quantitative estimate of drug-likeness (QED) is 0.176. The molecule has 2 heteroatoms. The van der Waals surface area contributed by atoms with Crippen molar-refractivity contribution in [2.45, 2.75) is 24.7 Å². The molecule has 0 aliphatic heterocycles. The van der Waals surface area contributed by atoms with Crippen molar-refractivity contribution in [2.24, 2.45) is 0 Å². The van der Waals surface area contributed by atoms with Gasteiger partial charge in [0.25, 0.3) is 0 Å². The zero-order valence-corrected chi connectivity index (χ0v) is 32.5. The maximum atomic E-state index is 5.22. The molecule has 0 unspecified atom stereocenters. The van der Waals surface area contributed by atoms with Crippen LogP contribution in [-0.4, -0.2) is 9.97 Å². The molecule has 1 spiro atoms. The number of rotatable bonds is 5. The molecule has 9 aromatic rings. The molecule has 0 atom stereocenters.